The molecule has 6 rings (SSSR count). The van der Waals surface area contributed by atoms with Crippen LogP contribution in [0.3, 0.4) is 0 Å². The third kappa shape index (κ3) is 6.57. The van der Waals surface area contributed by atoms with Crippen LogP contribution < -0.4 is 16.4 Å². The highest BCUT2D eigenvalue weighted by Crippen LogP contribution is 2.38. The third-order valence-corrected chi connectivity index (χ3v) is 10.9. The molecule has 1 aliphatic carbocycles. The molecule has 15 heteroatoms. The number of carbonyl (C=O) groups excluding carboxylic acids is 1. The van der Waals surface area contributed by atoms with Gasteiger partial charge in [-0.15, -0.1) is 0 Å². The number of halogens is 3. The number of imidazole rings is 1. The Morgan fingerprint density at radius 1 is 1.07 bits per heavy atom. The second-order valence-electron chi connectivity index (χ2n) is 11.6. The molecule has 0 bridgehead atoms. The number of nitrogens with two attached hydrogens (primary N) is 1. The fraction of sp³-hybridized carbons (Fsp3) is 0.400. The Kier molecular flexibility index (Phi) is 8.88. The molecule has 1 saturated carbocycles. The molecule has 0 unspecified atom stereocenters. The molecule has 1 saturated heterocycles. The SMILES string of the molecule is Cc1ccc(S(=O)(=O)N2CCC[C@@H](Nc3ncc4nc(Nc5c(F)cc(Cl)cc5Cl)n([C@H]5CC[C@@H](C(N)=O)CC5)c4n3)C2)cc1. The predicted molar refractivity (Wildman–Crippen MR) is 172 cm³/mol. The van der Waals surface area contributed by atoms with Crippen LogP contribution in [-0.2, 0) is 14.8 Å². The number of fused-ring (bicyclic) bond motifs is 1. The Hall–Kier alpha value is -3.52. The number of aryl methyl sites for hydroxylation is 1. The number of amides is 1. The lowest BCUT2D eigenvalue weighted by Gasteiger charge is -2.32. The van der Waals surface area contributed by atoms with Crippen LogP contribution >= 0.6 is 23.2 Å². The van der Waals surface area contributed by atoms with Crippen LogP contribution in [-0.4, -0.2) is 57.3 Å². The molecule has 2 aromatic carbocycles. The van der Waals surface area contributed by atoms with Crippen LogP contribution in [0.1, 0.15) is 50.1 Å². The Morgan fingerprint density at radius 3 is 2.49 bits per heavy atom. The molecule has 2 aliphatic rings. The van der Waals surface area contributed by atoms with Crippen LogP contribution in [0.25, 0.3) is 11.2 Å². The van der Waals surface area contributed by atoms with E-state index in [1.807, 2.05) is 11.5 Å². The number of primary amides is 1. The van der Waals surface area contributed by atoms with E-state index in [4.69, 9.17) is 33.9 Å². The molecular formula is C30H33Cl2FN8O3S. The summed E-state index contributed by atoms with van der Waals surface area (Å²) in [6, 6.07) is 9.10. The first-order valence-corrected chi connectivity index (χ1v) is 17.0. The van der Waals surface area contributed by atoms with E-state index < -0.39 is 15.8 Å². The lowest BCUT2D eigenvalue weighted by molar-refractivity contribution is -0.122. The van der Waals surface area contributed by atoms with Crippen LogP contribution in [0, 0.1) is 18.7 Å². The average Bonchev–Trinajstić information content (AvgIpc) is 3.36. The third-order valence-electron chi connectivity index (χ3n) is 8.52. The maximum atomic E-state index is 14.9. The molecule has 1 aliphatic heterocycles. The van der Waals surface area contributed by atoms with Gasteiger partial charge in [0.15, 0.2) is 5.65 Å². The van der Waals surface area contributed by atoms with Gasteiger partial charge in [0.05, 0.1) is 21.8 Å². The van der Waals surface area contributed by atoms with Crippen molar-refractivity contribution in [2.75, 3.05) is 23.7 Å². The van der Waals surface area contributed by atoms with E-state index in [0.717, 1.165) is 18.1 Å². The van der Waals surface area contributed by atoms with E-state index in [1.54, 1.807) is 30.5 Å². The fourth-order valence-electron chi connectivity index (χ4n) is 6.11. The van der Waals surface area contributed by atoms with E-state index in [9.17, 15) is 17.6 Å². The summed E-state index contributed by atoms with van der Waals surface area (Å²) in [6.07, 6.45) is 5.44. The number of rotatable bonds is 8. The lowest BCUT2D eigenvalue weighted by atomic mass is 9.85. The normalized spacial score (nSPS) is 21.1. The van der Waals surface area contributed by atoms with Gasteiger partial charge in [0.25, 0.3) is 0 Å². The average molecular weight is 676 g/mol. The molecule has 3 heterocycles. The summed E-state index contributed by atoms with van der Waals surface area (Å²) >= 11 is 12.3. The van der Waals surface area contributed by atoms with Gasteiger partial charge >= 0.3 is 0 Å². The highest BCUT2D eigenvalue weighted by Gasteiger charge is 2.32. The number of hydrogen-bond donors (Lipinski definition) is 3. The summed E-state index contributed by atoms with van der Waals surface area (Å²) in [4.78, 5) is 26.1. The number of piperidine rings is 1. The Labute approximate surface area is 270 Å². The van der Waals surface area contributed by atoms with Crippen LogP contribution in [0.5, 0.6) is 0 Å². The van der Waals surface area contributed by atoms with Gasteiger partial charge in [0, 0.05) is 36.1 Å². The Balaban J connectivity index is 1.30. The molecule has 11 nitrogen and oxygen atoms in total. The van der Waals surface area contributed by atoms with E-state index >= 15 is 0 Å². The summed E-state index contributed by atoms with van der Waals surface area (Å²) in [6.45, 7) is 2.60. The maximum Gasteiger partial charge on any atom is 0.243 e. The van der Waals surface area contributed by atoms with Crippen molar-refractivity contribution in [2.24, 2.45) is 11.7 Å². The number of benzene rings is 2. The number of hydrogen-bond acceptors (Lipinski definition) is 8. The molecule has 0 spiro atoms. The van der Waals surface area contributed by atoms with Crippen molar-refractivity contribution < 1.29 is 17.6 Å². The minimum atomic E-state index is -3.66. The lowest BCUT2D eigenvalue weighted by Crippen LogP contribution is -2.45. The van der Waals surface area contributed by atoms with Gasteiger partial charge in [-0.3, -0.25) is 9.36 Å². The highest BCUT2D eigenvalue weighted by molar-refractivity contribution is 7.89. The fourth-order valence-corrected chi connectivity index (χ4v) is 8.15. The first kappa shape index (κ1) is 31.5. The second-order valence-corrected chi connectivity index (χ2v) is 14.4. The second kappa shape index (κ2) is 12.7. The van der Waals surface area contributed by atoms with Gasteiger partial charge in [-0.05, 0) is 69.7 Å². The van der Waals surface area contributed by atoms with Gasteiger partial charge in [0.2, 0.25) is 27.8 Å². The summed E-state index contributed by atoms with van der Waals surface area (Å²) < 4.78 is 45.0. The molecule has 45 heavy (non-hydrogen) atoms. The summed E-state index contributed by atoms with van der Waals surface area (Å²) in [5, 5.41) is 6.61. The highest BCUT2D eigenvalue weighted by atomic mass is 35.5. The van der Waals surface area contributed by atoms with E-state index in [-0.39, 0.29) is 51.1 Å². The molecule has 1 amide bonds. The zero-order valence-corrected chi connectivity index (χ0v) is 26.8. The maximum absolute atomic E-state index is 14.9. The van der Waals surface area contributed by atoms with Crippen molar-refractivity contribution in [1.82, 2.24) is 23.8 Å². The Bertz CT molecular complexity index is 1820. The smallest absolute Gasteiger partial charge is 0.243 e. The largest absolute Gasteiger partial charge is 0.369 e. The van der Waals surface area contributed by atoms with Crippen LogP contribution in [0.15, 0.2) is 47.5 Å². The zero-order chi connectivity index (χ0) is 31.9. The molecule has 0 radical (unpaired) electrons. The van der Waals surface area contributed by atoms with Crippen LogP contribution in [0.2, 0.25) is 10.0 Å². The molecule has 2 aromatic heterocycles. The van der Waals surface area contributed by atoms with Crippen molar-refractivity contribution in [1.29, 1.82) is 0 Å². The summed E-state index contributed by atoms with van der Waals surface area (Å²) in [5.74, 6) is -0.546. The summed E-state index contributed by atoms with van der Waals surface area (Å²) in [7, 11) is -3.66. The monoisotopic (exact) mass is 674 g/mol. The van der Waals surface area contributed by atoms with E-state index in [1.165, 1.54) is 10.4 Å². The molecule has 4 N–H and O–H groups in total. The number of nitrogens with zero attached hydrogens (tertiary/aromatic N) is 5. The molecule has 238 valence electrons. The van der Waals surface area contributed by atoms with E-state index in [0.29, 0.717) is 61.7 Å². The first-order valence-electron chi connectivity index (χ1n) is 14.8. The predicted octanol–water partition coefficient (Wildman–Crippen LogP) is 5.81. The zero-order valence-electron chi connectivity index (χ0n) is 24.5. The van der Waals surface area contributed by atoms with Crippen molar-refractivity contribution in [3.63, 3.8) is 0 Å². The van der Waals surface area contributed by atoms with Crippen molar-refractivity contribution >= 4 is 67.9 Å². The molecule has 1 atom stereocenters. The Morgan fingerprint density at radius 2 is 1.80 bits per heavy atom. The summed E-state index contributed by atoms with van der Waals surface area (Å²) in [5.41, 5.74) is 7.56. The number of nitrogens with one attached hydrogen (secondary N) is 2. The number of anilines is 3. The molecule has 4 aromatic rings. The number of aromatic nitrogens is 4. The van der Waals surface area contributed by atoms with Gasteiger partial charge in [0.1, 0.15) is 11.3 Å². The van der Waals surface area contributed by atoms with Gasteiger partial charge in [-0.25, -0.2) is 22.8 Å². The van der Waals surface area contributed by atoms with Gasteiger partial charge in [-0.2, -0.15) is 9.29 Å². The topological polar surface area (TPSA) is 148 Å². The number of sulfonamides is 1. The minimum Gasteiger partial charge on any atom is -0.369 e. The molecule has 2 fully saturated rings. The van der Waals surface area contributed by atoms with Crippen LogP contribution in [0.4, 0.5) is 22.0 Å². The van der Waals surface area contributed by atoms with Gasteiger partial charge in [-0.1, -0.05) is 40.9 Å². The number of carbonyl (C=O) groups is 1. The van der Waals surface area contributed by atoms with Crippen molar-refractivity contribution in [3.05, 3.63) is 64.0 Å². The first-order chi connectivity index (χ1) is 21.5. The quantitative estimate of drug-likeness (QED) is 0.212. The molecular weight excluding hydrogens is 642 g/mol. The van der Waals surface area contributed by atoms with Crippen molar-refractivity contribution in [3.8, 4) is 0 Å². The standard InChI is InChI=1S/C30H33Cl2FN8O3S/c1-17-4-10-22(11-5-17)45(43,44)40-12-2-3-20(16-40)36-29-35-15-25-28(39-29)41(21-8-6-18(7-9-21)27(34)42)30(37-25)38-26-23(32)13-19(31)14-24(26)33/h4-5,10-11,13-15,18,20-21H,2-3,6-9,12,16H2,1H3,(H2,34,42)(H,37,38)(H,35,36,39)/t18-,20-,21+/m1/s1. The van der Waals surface area contributed by atoms with Gasteiger partial charge < -0.3 is 16.4 Å². The van der Waals surface area contributed by atoms with E-state index in [2.05, 4.69) is 20.6 Å². The van der Waals surface area contributed by atoms with Crippen molar-refractivity contribution in [2.45, 2.75) is 62.4 Å². The minimum absolute atomic E-state index is 0.0202.